The lowest BCUT2D eigenvalue weighted by Crippen LogP contribution is -2.22. The highest BCUT2D eigenvalue weighted by atomic mass is 79.9. The molecule has 0 aromatic heterocycles. The van der Waals surface area contributed by atoms with Crippen LogP contribution in [0.3, 0.4) is 0 Å². The predicted molar refractivity (Wildman–Crippen MR) is 63.6 cm³/mol. The highest BCUT2D eigenvalue weighted by Gasteiger charge is 2.37. The second-order valence-electron chi connectivity index (χ2n) is 4.10. The zero-order valence-electron chi connectivity index (χ0n) is 7.89. The second kappa shape index (κ2) is 3.84. The van der Waals surface area contributed by atoms with Crippen molar-refractivity contribution < 1.29 is 0 Å². The van der Waals surface area contributed by atoms with Crippen molar-refractivity contribution in [3.8, 4) is 0 Å². The molecule has 2 N–H and O–H groups in total. The van der Waals surface area contributed by atoms with Crippen LogP contribution in [0.5, 0.6) is 0 Å². The van der Waals surface area contributed by atoms with E-state index in [1.807, 2.05) is 12.1 Å². The summed E-state index contributed by atoms with van der Waals surface area (Å²) in [4.78, 5) is 0. The first kappa shape index (κ1) is 10.5. The van der Waals surface area contributed by atoms with Gasteiger partial charge in [0.25, 0.3) is 0 Å². The van der Waals surface area contributed by atoms with Crippen molar-refractivity contribution >= 4 is 27.5 Å². The minimum Gasteiger partial charge on any atom is -0.325 e. The molecule has 0 bridgehead atoms. The first-order valence-corrected chi connectivity index (χ1v) is 5.99. The Labute approximate surface area is 97.8 Å². The van der Waals surface area contributed by atoms with Gasteiger partial charge in [-0.15, -0.1) is 0 Å². The van der Waals surface area contributed by atoms with Crippen LogP contribution in [0.25, 0.3) is 0 Å². The second-order valence-corrected chi connectivity index (χ2v) is 5.42. The molecule has 2 rings (SSSR count). The van der Waals surface area contributed by atoms with E-state index in [-0.39, 0.29) is 5.54 Å². The molecule has 0 spiro atoms. The Kier molecular flexibility index (Phi) is 2.87. The summed E-state index contributed by atoms with van der Waals surface area (Å²) < 4.78 is 1.08. The summed E-state index contributed by atoms with van der Waals surface area (Å²) in [6.07, 6.45) is 4.36. The number of aryl methyl sites for hydroxylation is 1. The molecule has 3 heteroatoms. The van der Waals surface area contributed by atoms with Gasteiger partial charge < -0.3 is 5.73 Å². The van der Waals surface area contributed by atoms with Gasteiger partial charge in [0.05, 0.1) is 0 Å². The van der Waals surface area contributed by atoms with E-state index in [9.17, 15) is 0 Å². The molecular weight excluding hydrogens is 261 g/mol. The summed E-state index contributed by atoms with van der Waals surface area (Å²) in [5.74, 6) is 0. The fourth-order valence-corrected chi connectivity index (χ4v) is 2.15. The molecule has 0 atom stereocenters. The third-order valence-electron chi connectivity index (χ3n) is 2.79. The number of halogens is 2. The highest BCUT2D eigenvalue weighted by molar-refractivity contribution is 9.10. The first-order valence-electron chi connectivity index (χ1n) is 4.82. The molecule has 0 radical (unpaired) electrons. The Hall–Kier alpha value is -0.0500. The van der Waals surface area contributed by atoms with Crippen LogP contribution in [0, 0.1) is 0 Å². The largest absolute Gasteiger partial charge is 0.325 e. The van der Waals surface area contributed by atoms with Crippen molar-refractivity contribution in [2.75, 3.05) is 0 Å². The van der Waals surface area contributed by atoms with Crippen molar-refractivity contribution in [2.45, 2.75) is 31.2 Å². The average Bonchev–Trinajstić information content (AvgIpc) is 2.87. The fourth-order valence-electron chi connectivity index (χ4n) is 1.53. The molecular formula is C11H13BrClN. The summed E-state index contributed by atoms with van der Waals surface area (Å²) >= 11 is 9.53. The van der Waals surface area contributed by atoms with E-state index in [1.165, 1.54) is 18.4 Å². The molecule has 1 fully saturated rings. The van der Waals surface area contributed by atoms with E-state index in [1.54, 1.807) is 0 Å². The number of hydrogen-bond donors (Lipinski definition) is 1. The average molecular weight is 275 g/mol. The van der Waals surface area contributed by atoms with E-state index in [4.69, 9.17) is 17.3 Å². The molecule has 14 heavy (non-hydrogen) atoms. The van der Waals surface area contributed by atoms with Gasteiger partial charge in [-0.25, -0.2) is 0 Å². The van der Waals surface area contributed by atoms with Gasteiger partial charge in [0, 0.05) is 15.0 Å². The van der Waals surface area contributed by atoms with E-state index in [2.05, 4.69) is 22.0 Å². The van der Waals surface area contributed by atoms with E-state index < -0.39 is 0 Å². The topological polar surface area (TPSA) is 26.0 Å². The van der Waals surface area contributed by atoms with Gasteiger partial charge in [-0.05, 0) is 49.4 Å². The van der Waals surface area contributed by atoms with Crippen molar-refractivity contribution in [3.63, 3.8) is 0 Å². The maximum absolute atomic E-state index is 6.08. The zero-order valence-corrected chi connectivity index (χ0v) is 10.2. The van der Waals surface area contributed by atoms with Crippen molar-refractivity contribution in [1.82, 2.24) is 0 Å². The Morgan fingerprint density at radius 2 is 2.14 bits per heavy atom. The molecule has 76 valence electrons. The molecule has 0 amide bonds. The van der Waals surface area contributed by atoms with E-state index >= 15 is 0 Å². The number of nitrogens with two attached hydrogens (primary N) is 1. The SMILES string of the molecule is NC1(CCc2cc(Br)ccc2Cl)CC1. The standard InChI is InChI=1S/C11H13BrClN/c12-9-1-2-10(13)8(7-9)3-4-11(14)5-6-11/h1-2,7H,3-6,14H2. The Bertz CT molecular complexity index is 347. The first-order chi connectivity index (χ1) is 6.59. The highest BCUT2D eigenvalue weighted by Crippen LogP contribution is 2.37. The van der Waals surface area contributed by atoms with Crippen LogP contribution >= 0.6 is 27.5 Å². The minimum absolute atomic E-state index is 0.117. The van der Waals surface area contributed by atoms with Gasteiger partial charge in [0.1, 0.15) is 0 Å². The fraction of sp³-hybridized carbons (Fsp3) is 0.455. The van der Waals surface area contributed by atoms with Crippen LogP contribution in [-0.2, 0) is 6.42 Å². The molecule has 0 unspecified atom stereocenters. The van der Waals surface area contributed by atoms with Gasteiger partial charge in [-0.2, -0.15) is 0 Å². The maximum Gasteiger partial charge on any atom is 0.0438 e. The molecule has 0 heterocycles. The van der Waals surface area contributed by atoms with Crippen molar-refractivity contribution in [1.29, 1.82) is 0 Å². The van der Waals surface area contributed by atoms with Crippen LogP contribution in [0.2, 0.25) is 5.02 Å². The minimum atomic E-state index is 0.117. The van der Waals surface area contributed by atoms with Crippen LogP contribution < -0.4 is 5.73 Å². The smallest absolute Gasteiger partial charge is 0.0438 e. The lowest BCUT2D eigenvalue weighted by Gasteiger charge is -2.09. The van der Waals surface area contributed by atoms with Crippen molar-refractivity contribution in [3.05, 3.63) is 33.3 Å². The van der Waals surface area contributed by atoms with Gasteiger partial charge in [-0.1, -0.05) is 27.5 Å². The van der Waals surface area contributed by atoms with Gasteiger partial charge >= 0.3 is 0 Å². The molecule has 1 aliphatic rings. The Morgan fingerprint density at radius 1 is 1.43 bits per heavy atom. The molecule has 1 aromatic rings. The summed E-state index contributed by atoms with van der Waals surface area (Å²) in [6, 6.07) is 5.96. The van der Waals surface area contributed by atoms with Gasteiger partial charge in [-0.3, -0.25) is 0 Å². The lowest BCUT2D eigenvalue weighted by molar-refractivity contribution is 0.609. The number of hydrogen-bond acceptors (Lipinski definition) is 1. The summed E-state index contributed by atoms with van der Waals surface area (Å²) in [5, 5.41) is 0.845. The third-order valence-corrected chi connectivity index (χ3v) is 3.65. The monoisotopic (exact) mass is 273 g/mol. The van der Waals surface area contributed by atoms with Crippen LogP contribution in [-0.4, -0.2) is 5.54 Å². The maximum atomic E-state index is 6.08. The third kappa shape index (κ3) is 2.50. The summed E-state index contributed by atoms with van der Waals surface area (Å²) in [7, 11) is 0. The number of rotatable bonds is 3. The van der Waals surface area contributed by atoms with Gasteiger partial charge in [0.15, 0.2) is 0 Å². The van der Waals surface area contributed by atoms with Crippen LogP contribution in [0.1, 0.15) is 24.8 Å². The van der Waals surface area contributed by atoms with Crippen LogP contribution in [0.15, 0.2) is 22.7 Å². The summed E-state index contributed by atoms with van der Waals surface area (Å²) in [6.45, 7) is 0. The molecule has 1 saturated carbocycles. The summed E-state index contributed by atoms with van der Waals surface area (Å²) in [5.41, 5.74) is 7.34. The molecule has 1 nitrogen and oxygen atoms in total. The predicted octanol–water partition coefficient (Wildman–Crippen LogP) is 3.53. The lowest BCUT2D eigenvalue weighted by atomic mass is 10.0. The zero-order chi connectivity index (χ0) is 10.2. The van der Waals surface area contributed by atoms with Crippen LogP contribution in [0.4, 0.5) is 0 Å². The van der Waals surface area contributed by atoms with Gasteiger partial charge in [0.2, 0.25) is 0 Å². The Balaban J connectivity index is 2.04. The normalized spacial score (nSPS) is 18.2. The molecule has 0 aliphatic heterocycles. The number of benzene rings is 1. The molecule has 1 aliphatic carbocycles. The Morgan fingerprint density at radius 3 is 2.79 bits per heavy atom. The molecule has 0 saturated heterocycles. The molecule has 1 aromatic carbocycles. The van der Waals surface area contributed by atoms with E-state index in [0.29, 0.717) is 0 Å². The quantitative estimate of drug-likeness (QED) is 0.896. The van der Waals surface area contributed by atoms with Crippen molar-refractivity contribution in [2.24, 2.45) is 5.73 Å². The van der Waals surface area contributed by atoms with E-state index in [0.717, 1.165) is 22.3 Å².